The van der Waals surface area contributed by atoms with Gasteiger partial charge in [-0.05, 0) is 0 Å². The summed E-state index contributed by atoms with van der Waals surface area (Å²) >= 11 is -0.407. The fourth-order valence-electron chi connectivity index (χ4n) is 2.29. The summed E-state index contributed by atoms with van der Waals surface area (Å²) in [5.41, 5.74) is 0. The first kappa shape index (κ1) is 17.6. The van der Waals surface area contributed by atoms with Crippen molar-refractivity contribution in [2.45, 2.75) is 57.4 Å². The first-order valence-electron chi connectivity index (χ1n) is 5.91. The molecule has 0 saturated carbocycles. The van der Waals surface area contributed by atoms with Gasteiger partial charge in [-0.3, -0.25) is 0 Å². The van der Waals surface area contributed by atoms with Gasteiger partial charge in [-0.25, -0.2) is 0 Å². The Hall–Kier alpha value is 1.25. The van der Waals surface area contributed by atoms with Crippen molar-refractivity contribution < 1.29 is 21.7 Å². The van der Waals surface area contributed by atoms with Crippen LogP contribution in [0.15, 0.2) is 0 Å². The molecule has 0 radical (unpaired) electrons. The molecule has 0 saturated heterocycles. The number of hydrogen-bond donors (Lipinski definition) is 0. The zero-order chi connectivity index (χ0) is 10.4. The van der Waals surface area contributed by atoms with E-state index in [0.717, 1.165) is 17.8 Å². The van der Waals surface area contributed by atoms with Crippen LogP contribution in [0.1, 0.15) is 41.5 Å². The summed E-state index contributed by atoms with van der Waals surface area (Å²) in [6, 6.07) is 0. The van der Waals surface area contributed by atoms with Crippen LogP contribution in [-0.4, -0.2) is 14.1 Å². The van der Waals surface area contributed by atoms with Gasteiger partial charge in [0.2, 0.25) is 0 Å². The summed E-state index contributed by atoms with van der Waals surface area (Å²) in [5.74, 6) is 2.78. The first-order chi connectivity index (χ1) is 5.91. The van der Waals surface area contributed by atoms with E-state index in [1.807, 2.05) is 0 Å². The maximum atomic E-state index is 2.38. The standard InChI is InChI=1S/3C4H9.Al.Ti/c3*1-4(2)3;;/h3*4H,1H2,2-3H3;;. The normalized spacial score (nSPS) is 10.9. The van der Waals surface area contributed by atoms with Crippen molar-refractivity contribution in [2.75, 3.05) is 0 Å². The topological polar surface area (TPSA) is 0 Å². The molecule has 0 heterocycles. The van der Waals surface area contributed by atoms with Gasteiger partial charge in [0.05, 0.1) is 0 Å². The summed E-state index contributed by atoms with van der Waals surface area (Å²) in [4.78, 5) is 0. The van der Waals surface area contributed by atoms with Gasteiger partial charge in [-0.2, -0.15) is 0 Å². The van der Waals surface area contributed by atoms with E-state index in [1.165, 1.54) is 0 Å². The molecule has 82 valence electrons. The average Bonchev–Trinajstić information content (AvgIpc) is 1.80. The second kappa shape index (κ2) is 9.47. The van der Waals surface area contributed by atoms with Crippen LogP contribution in [-0.2, 0) is 21.7 Å². The van der Waals surface area contributed by atoms with E-state index in [4.69, 9.17) is 0 Å². The van der Waals surface area contributed by atoms with E-state index < -0.39 is 14.1 Å². The number of rotatable bonds is 6. The van der Waals surface area contributed by atoms with E-state index in [-0.39, 0.29) is 21.7 Å². The largest absolute Gasteiger partial charge is 0.262 e. The summed E-state index contributed by atoms with van der Waals surface area (Å²) < 4.78 is 0. The van der Waals surface area contributed by atoms with Crippen molar-refractivity contribution in [3.63, 3.8) is 0 Å². The van der Waals surface area contributed by atoms with Crippen LogP contribution in [0, 0.1) is 17.8 Å². The van der Waals surface area contributed by atoms with Gasteiger partial charge in [0.25, 0.3) is 14.1 Å². The maximum Gasteiger partial charge on any atom is 0.262 e. The molecule has 0 atom stereocenters. The molecule has 0 aliphatic heterocycles. The second-order valence-electron chi connectivity index (χ2n) is 5.75. The Bertz CT molecular complexity index is 97.7. The minimum absolute atomic E-state index is 0. The minimum atomic E-state index is -0.407. The summed E-state index contributed by atoms with van der Waals surface area (Å²) in [6.45, 7) is 14.3. The van der Waals surface area contributed by atoms with Crippen molar-refractivity contribution in [1.29, 1.82) is 0 Å². The molecule has 0 bridgehead atoms. The second-order valence-corrected chi connectivity index (χ2v) is 8.90. The zero-order valence-electron chi connectivity index (χ0n) is 10.9. The molecule has 0 aliphatic carbocycles. The van der Waals surface area contributed by atoms with Crippen molar-refractivity contribution in [3.8, 4) is 0 Å². The zero-order valence-corrected chi connectivity index (χ0v) is 13.6. The molecule has 0 amide bonds. The smallest absolute Gasteiger partial charge is 0.0915 e. The molecule has 0 rings (SSSR count). The van der Waals surface area contributed by atoms with Crippen LogP contribution < -0.4 is 0 Å². The van der Waals surface area contributed by atoms with Crippen LogP contribution in [0.4, 0.5) is 0 Å². The van der Waals surface area contributed by atoms with Crippen LogP contribution in [0.25, 0.3) is 0 Å². The van der Waals surface area contributed by atoms with Gasteiger partial charge in [-0.1, -0.05) is 75.1 Å². The Morgan fingerprint density at radius 1 is 0.643 bits per heavy atom. The van der Waals surface area contributed by atoms with Crippen molar-refractivity contribution >= 4 is 14.1 Å². The Morgan fingerprint density at radius 3 is 1.00 bits per heavy atom. The average molecular weight is 246 g/mol. The van der Waals surface area contributed by atoms with Gasteiger partial charge in [-0.15, -0.1) is 0 Å². The Labute approximate surface area is 111 Å². The van der Waals surface area contributed by atoms with Gasteiger partial charge >= 0.3 is 0 Å². The quantitative estimate of drug-likeness (QED) is 0.607. The van der Waals surface area contributed by atoms with Gasteiger partial charge in [0.15, 0.2) is 0 Å². The molecule has 0 aliphatic rings. The van der Waals surface area contributed by atoms with E-state index >= 15 is 0 Å². The molecule has 0 unspecified atom stereocenters. The molecule has 0 aromatic rings. The van der Waals surface area contributed by atoms with E-state index in [1.54, 1.807) is 15.8 Å². The fraction of sp³-hybridized carbons (Fsp3) is 1.00. The molecule has 2 heteroatoms. The molecule has 0 N–H and O–H groups in total. The van der Waals surface area contributed by atoms with Gasteiger partial charge < -0.3 is 0 Å². The van der Waals surface area contributed by atoms with Crippen LogP contribution in [0.2, 0.25) is 15.8 Å². The third kappa shape index (κ3) is 11.3. The van der Waals surface area contributed by atoms with Crippen molar-refractivity contribution in [3.05, 3.63) is 0 Å². The predicted molar refractivity (Wildman–Crippen MR) is 64.7 cm³/mol. The summed E-state index contributed by atoms with van der Waals surface area (Å²) in [5, 5.41) is 4.66. The van der Waals surface area contributed by atoms with Gasteiger partial charge in [0.1, 0.15) is 0 Å². The van der Waals surface area contributed by atoms with Gasteiger partial charge in [0, 0.05) is 21.7 Å². The molecule has 14 heavy (non-hydrogen) atoms. The van der Waals surface area contributed by atoms with Crippen LogP contribution in [0.3, 0.4) is 0 Å². The van der Waals surface area contributed by atoms with Crippen LogP contribution >= 0.6 is 0 Å². The summed E-state index contributed by atoms with van der Waals surface area (Å²) in [7, 11) is 0. The SMILES string of the molecule is CC(C)[CH2][Al]([CH2]C(C)C)[CH2]C(C)C.[Ti]. The third-order valence-electron chi connectivity index (χ3n) is 2.41. The van der Waals surface area contributed by atoms with E-state index in [9.17, 15) is 0 Å². The predicted octanol–water partition coefficient (Wildman–Crippen LogP) is 4.45. The summed E-state index contributed by atoms with van der Waals surface area (Å²) in [6.07, 6.45) is 0. The number of hydrogen-bond acceptors (Lipinski definition) is 0. The monoisotopic (exact) mass is 246 g/mol. The van der Waals surface area contributed by atoms with E-state index in [2.05, 4.69) is 41.5 Å². The van der Waals surface area contributed by atoms with Crippen LogP contribution in [0.5, 0.6) is 0 Å². The minimum Gasteiger partial charge on any atom is -0.0915 e. The maximum absolute atomic E-state index is 2.38. The van der Waals surface area contributed by atoms with Crippen molar-refractivity contribution in [1.82, 2.24) is 0 Å². The van der Waals surface area contributed by atoms with Crippen molar-refractivity contribution in [2.24, 2.45) is 17.8 Å². The molecule has 0 aromatic heterocycles. The molecule has 0 aromatic carbocycles. The Morgan fingerprint density at radius 2 is 0.857 bits per heavy atom. The molecule has 0 nitrogen and oxygen atoms in total. The van der Waals surface area contributed by atoms with E-state index in [0.29, 0.717) is 0 Å². The molecular weight excluding hydrogens is 219 g/mol. The molecule has 0 fully saturated rings. The Kier molecular flexibility index (Phi) is 11.9. The third-order valence-corrected chi connectivity index (χ3v) is 7.24. The Balaban J connectivity index is 0. The fourth-order valence-corrected chi connectivity index (χ4v) is 6.87. The molecular formula is C12H27AlTi. The first-order valence-corrected chi connectivity index (χ1v) is 8.36. The molecule has 0 spiro atoms.